The van der Waals surface area contributed by atoms with E-state index in [1.807, 2.05) is 0 Å². The maximum absolute atomic E-state index is 12.0. The molecule has 1 rings (SSSR count). The highest BCUT2D eigenvalue weighted by molar-refractivity contribution is 5.81. The Bertz CT molecular complexity index is 469. The summed E-state index contributed by atoms with van der Waals surface area (Å²) in [5.74, 6) is -0.591. The van der Waals surface area contributed by atoms with Gasteiger partial charge in [-0.2, -0.15) is 13.2 Å². The van der Waals surface area contributed by atoms with Gasteiger partial charge in [0.1, 0.15) is 6.04 Å². The second kappa shape index (κ2) is 7.79. The minimum absolute atomic E-state index is 0.0715. The number of nitrogens with two attached hydrogens (primary N) is 1. The van der Waals surface area contributed by atoms with Crippen molar-refractivity contribution in [3.63, 3.8) is 0 Å². The Morgan fingerprint density at radius 2 is 2.24 bits per heavy atom. The lowest BCUT2D eigenvalue weighted by Crippen LogP contribution is -2.43. The summed E-state index contributed by atoms with van der Waals surface area (Å²) in [6.45, 7) is -1.25. The van der Waals surface area contributed by atoms with Crippen LogP contribution >= 0.6 is 0 Å². The third-order valence-electron chi connectivity index (χ3n) is 2.33. The summed E-state index contributed by atoms with van der Waals surface area (Å²) in [6, 6.07) is 2.05. The Hall–Kier alpha value is -1.87. The van der Waals surface area contributed by atoms with Crippen LogP contribution in [0.4, 0.5) is 13.2 Å². The summed E-state index contributed by atoms with van der Waals surface area (Å²) in [5.41, 5.74) is 6.06. The van der Waals surface area contributed by atoms with Crippen LogP contribution in [0.15, 0.2) is 18.3 Å². The molecule has 1 amide bonds. The molecule has 1 aromatic rings. The molecule has 3 N–H and O–H groups in total. The molecular weight excluding hydrogens is 291 g/mol. The van der Waals surface area contributed by atoms with Crippen molar-refractivity contribution in [2.45, 2.75) is 18.8 Å². The van der Waals surface area contributed by atoms with Gasteiger partial charge in [-0.1, -0.05) is 0 Å². The normalized spacial score (nSPS) is 12.8. The van der Waals surface area contributed by atoms with Gasteiger partial charge in [-0.15, -0.1) is 0 Å². The first-order valence-corrected chi connectivity index (χ1v) is 5.98. The van der Waals surface area contributed by atoms with Gasteiger partial charge in [-0.25, -0.2) is 4.98 Å². The van der Waals surface area contributed by atoms with Crippen LogP contribution < -0.4 is 15.8 Å². The molecule has 0 saturated carbocycles. The molecule has 0 fully saturated rings. The van der Waals surface area contributed by atoms with Crippen LogP contribution in [0.25, 0.3) is 0 Å². The fourth-order valence-electron chi connectivity index (χ4n) is 1.37. The number of aromatic nitrogens is 1. The summed E-state index contributed by atoms with van der Waals surface area (Å²) >= 11 is 0. The molecule has 6 nitrogen and oxygen atoms in total. The van der Waals surface area contributed by atoms with E-state index in [1.165, 1.54) is 19.4 Å². The third-order valence-corrected chi connectivity index (χ3v) is 2.33. The fraction of sp³-hybridized carbons (Fsp3) is 0.500. The number of nitrogens with one attached hydrogen (secondary N) is 1. The largest absolute Gasteiger partial charge is 0.468 e. The van der Waals surface area contributed by atoms with Crippen molar-refractivity contribution >= 4 is 5.91 Å². The summed E-state index contributed by atoms with van der Waals surface area (Å²) in [6.07, 6.45) is -3.14. The van der Waals surface area contributed by atoms with E-state index in [1.54, 1.807) is 6.07 Å². The summed E-state index contributed by atoms with van der Waals surface area (Å²) < 4.78 is 45.3. The van der Waals surface area contributed by atoms with E-state index >= 15 is 0 Å². The van der Waals surface area contributed by atoms with Crippen LogP contribution in [0.2, 0.25) is 0 Å². The molecule has 9 heteroatoms. The fourth-order valence-corrected chi connectivity index (χ4v) is 1.37. The molecule has 0 aliphatic carbocycles. The van der Waals surface area contributed by atoms with Crippen molar-refractivity contribution in [3.8, 4) is 5.88 Å². The summed E-state index contributed by atoms with van der Waals surface area (Å²) in [5, 5.41) is 2.53. The molecule has 1 atom stereocenters. The van der Waals surface area contributed by atoms with E-state index in [4.69, 9.17) is 10.5 Å². The molecule has 0 radical (unpaired) electrons. The highest BCUT2D eigenvalue weighted by atomic mass is 19.4. The number of hydrogen-bond donors (Lipinski definition) is 2. The second-order valence-electron chi connectivity index (χ2n) is 4.19. The van der Waals surface area contributed by atoms with Crippen LogP contribution in [0.1, 0.15) is 5.56 Å². The average Bonchev–Trinajstić information content (AvgIpc) is 2.42. The van der Waals surface area contributed by atoms with Gasteiger partial charge in [0, 0.05) is 25.9 Å². The van der Waals surface area contributed by atoms with Gasteiger partial charge in [0.15, 0.2) is 6.61 Å². The molecule has 1 heterocycles. The number of rotatable bonds is 7. The first-order chi connectivity index (χ1) is 9.81. The Labute approximate surface area is 119 Å². The standard InChI is InChI=1S/C12H16F3N3O3/c1-20-6-9(16)11(19)18-5-8-2-3-17-10(4-8)21-7-12(13,14)15/h2-4,9H,5-7,16H2,1H3,(H,18,19). The minimum Gasteiger partial charge on any atom is -0.468 e. The monoisotopic (exact) mass is 307 g/mol. The van der Waals surface area contributed by atoms with Crippen molar-refractivity contribution in [3.05, 3.63) is 23.9 Å². The molecule has 0 aliphatic heterocycles. The number of pyridine rings is 1. The van der Waals surface area contributed by atoms with Crippen LogP contribution in [-0.4, -0.2) is 43.4 Å². The van der Waals surface area contributed by atoms with Crippen LogP contribution in [0.5, 0.6) is 5.88 Å². The Kier molecular flexibility index (Phi) is 6.38. The van der Waals surface area contributed by atoms with E-state index in [0.717, 1.165) is 0 Å². The molecule has 0 saturated heterocycles. The zero-order valence-electron chi connectivity index (χ0n) is 11.3. The van der Waals surface area contributed by atoms with Crippen molar-refractivity contribution in [2.24, 2.45) is 5.73 Å². The van der Waals surface area contributed by atoms with Gasteiger partial charge in [-0.05, 0) is 11.6 Å². The number of alkyl halides is 3. The van der Waals surface area contributed by atoms with Crippen molar-refractivity contribution in [2.75, 3.05) is 20.3 Å². The lowest BCUT2D eigenvalue weighted by molar-refractivity contribution is -0.154. The molecular formula is C12H16F3N3O3. The topological polar surface area (TPSA) is 86.5 Å². The van der Waals surface area contributed by atoms with Gasteiger partial charge >= 0.3 is 6.18 Å². The first-order valence-electron chi connectivity index (χ1n) is 5.98. The van der Waals surface area contributed by atoms with Gasteiger partial charge in [0.05, 0.1) is 6.61 Å². The lowest BCUT2D eigenvalue weighted by Gasteiger charge is -2.12. The van der Waals surface area contributed by atoms with Crippen LogP contribution in [0, 0.1) is 0 Å². The molecule has 0 aromatic carbocycles. The number of ether oxygens (including phenoxy) is 2. The number of nitrogens with zero attached hydrogens (tertiary/aromatic N) is 1. The highest BCUT2D eigenvalue weighted by Crippen LogP contribution is 2.17. The molecule has 0 bridgehead atoms. The Morgan fingerprint density at radius 1 is 1.52 bits per heavy atom. The number of carbonyl (C=O) groups is 1. The van der Waals surface area contributed by atoms with E-state index < -0.39 is 24.7 Å². The summed E-state index contributed by atoms with van der Waals surface area (Å²) in [4.78, 5) is 15.2. The van der Waals surface area contributed by atoms with Crippen LogP contribution in [-0.2, 0) is 16.1 Å². The quantitative estimate of drug-likeness (QED) is 0.771. The van der Waals surface area contributed by atoms with Crippen molar-refractivity contribution in [1.29, 1.82) is 0 Å². The highest BCUT2D eigenvalue weighted by Gasteiger charge is 2.28. The lowest BCUT2D eigenvalue weighted by atomic mass is 10.2. The van der Waals surface area contributed by atoms with Crippen LogP contribution in [0.3, 0.4) is 0 Å². The number of hydrogen-bond acceptors (Lipinski definition) is 5. The maximum Gasteiger partial charge on any atom is 0.422 e. The smallest absolute Gasteiger partial charge is 0.422 e. The third kappa shape index (κ3) is 6.91. The van der Waals surface area contributed by atoms with Gasteiger partial charge in [0.2, 0.25) is 11.8 Å². The van der Waals surface area contributed by atoms with E-state index in [9.17, 15) is 18.0 Å². The zero-order chi connectivity index (χ0) is 15.9. The second-order valence-corrected chi connectivity index (χ2v) is 4.19. The number of halogens is 3. The number of methoxy groups -OCH3 is 1. The van der Waals surface area contributed by atoms with Crippen molar-refractivity contribution < 1.29 is 27.4 Å². The van der Waals surface area contributed by atoms with E-state index in [2.05, 4.69) is 15.0 Å². The van der Waals surface area contributed by atoms with Gasteiger partial charge < -0.3 is 20.5 Å². The minimum atomic E-state index is -4.43. The average molecular weight is 307 g/mol. The predicted octanol–water partition coefficient (Wildman–Crippen LogP) is 0.613. The molecule has 0 spiro atoms. The number of amides is 1. The van der Waals surface area contributed by atoms with Crippen molar-refractivity contribution in [1.82, 2.24) is 10.3 Å². The molecule has 21 heavy (non-hydrogen) atoms. The predicted molar refractivity (Wildman–Crippen MR) is 67.5 cm³/mol. The Morgan fingerprint density at radius 3 is 2.86 bits per heavy atom. The number of carbonyl (C=O) groups excluding carboxylic acids is 1. The van der Waals surface area contributed by atoms with E-state index in [0.29, 0.717) is 5.56 Å². The molecule has 1 unspecified atom stereocenters. The zero-order valence-corrected chi connectivity index (χ0v) is 11.3. The van der Waals surface area contributed by atoms with Gasteiger partial charge in [-0.3, -0.25) is 4.79 Å². The molecule has 1 aromatic heterocycles. The van der Waals surface area contributed by atoms with Gasteiger partial charge in [0.25, 0.3) is 0 Å². The molecule has 118 valence electrons. The molecule has 0 aliphatic rings. The Balaban J connectivity index is 2.51. The maximum atomic E-state index is 12.0. The SMILES string of the molecule is COCC(N)C(=O)NCc1ccnc(OCC(F)(F)F)c1. The van der Waals surface area contributed by atoms with E-state index in [-0.39, 0.29) is 19.0 Å². The first kappa shape index (κ1) is 17.2. The summed E-state index contributed by atoms with van der Waals surface area (Å²) in [7, 11) is 1.42.